The number of nitrogens with one attached hydrogen (secondary N) is 1. The predicted octanol–water partition coefficient (Wildman–Crippen LogP) is 3.15. The van der Waals surface area contributed by atoms with Crippen molar-refractivity contribution < 1.29 is 9.60 Å². The molecule has 0 unspecified atom stereocenters. The van der Waals surface area contributed by atoms with E-state index in [1.807, 2.05) is 24.3 Å². The Hall–Kier alpha value is -4.01. The topological polar surface area (TPSA) is 114 Å². The first-order valence-electron chi connectivity index (χ1n) is 8.39. The molecule has 0 saturated heterocycles. The van der Waals surface area contributed by atoms with Crippen LogP contribution in [0.25, 0.3) is 10.9 Å². The van der Waals surface area contributed by atoms with E-state index < -0.39 is 0 Å². The SMILES string of the molecule is Nc1ncnc(Nc2ccc3c(cnn3Cc3cccc(F)c3)c2)c1/C=N\O. The molecule has 8 nitrogen and oxygen atoms in total. The summed E-state index contributed by atoms with van der Waals surface area (Å²) in [5.41, 5.74) is 8.68. The van der Waals surface area contributed by atoms with E-state index >= 15 is 0 Å². The molecule has 2 aromatic carbocycles. The Bertz CT molecular complexity index is 1170. The highest BCUT2D eigenvalue weighted by molar-refractivity contribution is 5.93. The number of nitrogens with two attached hydrogens (primary N) is 1. The minimum Gasteiger partial charge on any atom is -0.411 e. The summed E-state index contributed by atoms with van der Waals surface area (Å²) in [6.45, 7) is 0.466. The van der Waals surface area contributed by atoms with Crippen LogP contribution in [-0.4, -0.2) is 31.2 Å². The van der Waals surface area contributed by atoms with Crippen molar-refractivity contribution in [2.24, 2.45) is 5.16 Å². The highest BCUT2D eigenvalue weighted by atomic mass is 19.1. The molecule has 0 amide bonds. The van der Waals surface area contributed by atoms with E-state index in [4.69, 9.17) is 10.9 Å². The predicted molar refractivity (Wildman–Crippen MR) is 104 cm³/mol. The zero-order chi connectivity index (χ0) is 19.5. The molecule has 0 atom stereocenters. The molecule has 0 saturated carbocycles. The summed E-state index contributed by atoms with van der Waals surface area (Å²) in [5.74, 6) is 0.336. The van der Waals surface area contributed by atoms with Crippen molar-refractivity contribution in [3.05, 3.63) is 71.9 Å². The number of nitrogens with zero attached hydrogens (tertiary/aromatic N) is 5. The molecule has 4 N–H and O–H groups in total. The van der Waals surface area contributed by atoms with E-state index in [0.717, 1.165) is 22.2 Å². The molecule has 9 heteroatoms. The lowest BCUT2D eigenvalue weighted by Crippen LogP contribution is -2.05. The van der Waals surface area contributed by atoms with Gasteiger partial charge < -0.3 is 16.3 Å². The maximum absolute atomic E-state index is 13.4. The number of hydrogen-bond acceptors (Lipinski definition) is 7. The number of aromatic nitrogens is 4. The molecule has 140 valence electrons. The highest BCUT2D eigenvalue weighted by Gasteiger charge is 2.10. The average molecular weight is 377 g/mol. The van der Waals surface area contributed by atoms with Crippen LogP contribution in [0.1, 0.15) is 11.1 Å². The number of hydrogen-bond donors (Lipinski definition) is 3. The maximum Gasteiger partial charge on any atom is 0.144 e. The van der Waals surface area contributed by atoms with E-state index in [1.54, 1.807) is 16.9 Å². The summed E-state index contributed by atoms with van der Waals surface area (Å²) in [4.78, 5) is 8.03. The van der Waals surface area contributed by atoms with Crippen LogP contribution in [-0.2, 0) is 6.54 Å². The minimum absolute atomic E-state index is 0.194. The molecule has 0 aliphatic heterocycles. The third-order valence-corrected chi connectivity index (χ3v) is 4.23. The molecule has 4 rings (SSSR count). The number of anilines is 3. The summed E-state index contributed by atoms with van der Waals surface area (Å²) in [5, 5.41) is 20.3. The van der Waals surface area contributed by atoms with Crippen LogP contribution in [0.4, 0.5) is 21.7 Å². The number of rotatable bonds is 5. The van der Waals surface area contributed by atoms with E-state index in [2.05, 4.69) is 25.5 Å². The molecule has 4 aromatic rings. The fourth-order valence-corrected chi connectivity index (χ4v) is 2.93. The number of halogens is 1. The van der Waals surface area contributed by atoms with Crippen molar-refractivity contribution in [1.29, 1.82) is 0 Å². The Balaban J connectivity index is 1.62. The first kappa shape index (κ1) is 17.4. The third kappa shape index (κ3) is 3.45. The van der Waals surface area contributed by atoms with Crippen molar-refractivity contribution in [3.63, 3.8) is 0 Å². The summed E-state index contributed by atoms with van der Waals surface area (Å²) in [6.07, 6.45) is 4.24. The van der Waals surface area contributed by atoms with Gasteiger partial charge in [0.2, 0.25) is 0 Å². The Labute approximate surface area is 159 Å². The van der Waals surface area contributed by atoms with Crippen molar-refractivity contribution in [1.82, 2.24) is 19.7 Å². The summed E-state index contributed by atoms with van der Waals surface area (Å²) in [7, 11) is 0. The Morgan fingerprint density at radius 1 is 1.21 bits per heavy atom. The summed E-state index contributed by atoms with van der Waals surface area (Å²) < 4.78 is 15.2. The van der Waals surface area contributed by atoms with Gasteiger partial charge in [0.1, 0.15) is 23.8 Å². The van der Waals surface area contributed by atoms with E-state index in [9.17, 15) is 4.39 Å². The van der Waals surface area contributed by atoms with Gasteiger partial charge in [-0.15, -0.1) is 0 Å². The van der Waals surface area contributed by atoms with Gasteiger partial charge in [-0.2, -0.15) is 5.10 Å². The fraction of sp³-hybridized carbons (Fsp3) is 0.0526. The number of benzene rings is 2. The van der Waals surface area contributed by atoms with Crippen LogP contribution in [0.2, 0.25) is 0 Å². The Morgan fingerprint density at radius 2 is 2.11 bits per heavy atom. The van der Waals surface area contributed by atoms with Crippen LogP contribution in [0, 0.1) is 5.82 Å². The van der Waals surface area contributed by atoms with Gasteiger partial charge in [0.05, 0.1) is 30.0 Å². The number of oxime groups is 1. The second kappa shape index (κ2) is 7.31. The van der Waals surface area contributed by atoms with Gasteiger partial charge in [-0.1, -0.05) is 17.3 Å². The largest absolute Gasteiger partial charge is 0.411 e. The van der Waals surface area contributed by atoms with Crippen LogP contribution in [0.15, 0.2) is 60.1 Å². The number of fused-ring (bicyclic) bond motifs is 1. The van der Waals surface area contributed by atoms with Crippen molar-refractivity contribution in [3.8, 4) is 0 Å². The minimum atomic E-state index is -0.271. The molecule has 2 heterocycles. The Kier molecular flexibility index (Phi) is 4.55. The molecule has 0 spiro atoms. The van der Waals surface area contributed by atoms with Gasteiger partial charge in [0.15, 0.2) is 0 Å². The van der Waals surface area contributed by atoms with E-state index in [1.165, 1.54) is 24.7 Å². The molecular weight excluding hydrogens is 361 g/mol. The molecule has 2 aromatic heterocycles. The second-order valence-corrected chi connectivity index (χ2v) is 6.10. The lowest BCUT2D eigenvalue weighted by atomic mass is 10.2. The summed E-state index contributed by atoms with van der Waals surface area (Å²) >= 11 is 0. The average Bonchev–Trinajstić information content (AvgIpc) is 3.07. The second-order valence-electron chi connectivity index (χ2n) is 6.10. The normalized spacial score (nSPS) is 11.3. The first-order chi connectivity index (χ1) is 13.6. The van der Waals surface area contributed by atoms with Gasteiger partial charge in [-0.3, -0.25) is 4.68 Å². The van der Waals surface area contributed by atoms with Crippen LogP contribution in [0.5, 0.6) is 0 Å². The quantitative estimate of drug-likeness (QED) is 0.280. The zero-order valence-electron chi connectivity index (χ0n) is 14.6. The van der Waals surface area contributed by atoms with Gasteiger partial charge in [0, 0.05) is 11.1 Å². The van der Waals surface area contributed by atoms with Crippen molar-refractivity contribution in [2.45, 2.75) is 6.54 Å². The van der Waals surface area contributed by atoms with Crippen LogP contribution < -0.4 is 11.1 Å². The van der Waals surface area contributed by atoms with Gasteiger partial charge in [0.25, 0.3) is 0 Å². The van der Waals surface area contributed by atoms with Crippen molar-refractivity contribution >= 4 is 34.4 Å². The molecule has 0 aliphatic carbocycles. The van der Waals surface area contributed by atoms with Gasteiger partial charge in [-0.05, 0) is 35.9 Å². The molecule has 0 fully saturated rings. The summed E-state index contributed by atoms with van der Waals surface area (Å²) in [6, 6.07) is 12.1. The highest BCUT2D eigenvalue weighted by Crippen LogP contribution is 2.24. The van der Waals surface area contributed by atoms with Crippen LogP contribution in [0.3, 0.4) is 0 Å². The molecule has 0 aliphatic rings. The lowest BCUT2D eigenvalue weighted by molar-refractivity contribution is 0.322. The third-order valence-electron chi connectivity index (χ3n) is 4.23. The van der Waals surface area contributed by atoms with Crippen molar-refractivity contribution in [2.75, 3.05) is 11.1 Å². The smallest absolute Gasteiger partial charge is 0.144 e. The number of nitrogen functional groups attached to an aromatic ring is 1. The van der Waals surface area contributed by atoms with Crippen LogP contribution >= 0.6 is 0 Å². The standard InChI is InChI=1S/C19H16FN7O/c20-14-3-1-2-12(6-14)10-27-17-5-4-15(7-13(17)8-24-27)26-19-16(9-25-28)18(21)22-11-23-19/h1-9,11,28H,10H2,(H3,21,22,23,26)/b25-9-. The molecule has 28 heavy (non-hydrogen) atoms. The lowest BCUT2D eigenvalue weighted by Gasteiger charge is -2.10. The molecular formula is C19H16FN7O. The first-order valence-corrected chi connectivity index (χ1v) is 8.39. The monoisotopic (exact) mass is 377 g/mol. The molecule has 0 bridgehead atoms. The fourth-order valence-electron chi connectivity index (χ4n) is 2.93. The Morgan fingerprint density at radius 3 is 2.93 bits per heavy atom. The van der Waals surface area contributed by atoms with Gasteiger partial charge >= 0.3 is 0 Å². The molecule has 0 radical (unpaired) electrons. The van der Waals surface area contributed by atoms with Gasteiger partial charge in [-0.25, -0.2) is 14.4 Å². The maximum atomic E-state index is 13.4. The van der Waals surface area contributed by atoms with E-state index in [-0.39, 0.29) is 11.6 Å². The zero-order valence-corrected chi connectivity index (χ0v) is 14.6. The van der Waals surface area contributed by atoms with E-state index in [0.29, 0.717) is 17.9 Å².